The van der Waals surface area contributed by atoms with Crippen molar-refractivity contribution in [2.24, 2.45) is 5.92 Å². The number of carbonyl (C=O) groups excluding carboxylic acids is 2. The second-order valence-corrected chi connectivity index (χ2v) is 13.9. The predicted octanol–water partition coefficient (Wildman–Crippen LogP) is 7.11. The minimum Gasteiger partial charge on any atom is -0.459 e. The lowest BCUT2D eigenvalue weighted by molar-refractivity contribution is -0.149. The molecule has 4 rings (SSSR count). The Labute approximate surface area is 266 Å². The minimum absolute atomic E-state index is 0.109. The number of ether oxygens (including phenoxy) is 1. The molecule has 0 saturated heterocycles. The highest BCUT2D eigenvalue weighted by atomic mass is 31.2. The van der Waals surface area contributed by atoms with Crippen LogP contribution in [-0.4, -0.2) is 30.1 Å². The number of esters is 1. The molecule has 45 heavy (non-hydrogen) atoms. The van der Waals surface area contributed by atoms with Crippen LogP contribution in [0.15, 0.2) is 121 Å². The van der Waals surface area contributed by atoms with Crippen molar-refractivity contribution in [2.45, 2.75) is 58.4 Å². The Morgan fingerprint density at radius 2 is 1.16 bits per heavy atom. The van der Waals surface area contributed by atoms with Crippen molar-refractivity contribution in [2.75, 3.05) is 6.16 Å². The molecule has 0 bridgehead atoms. The Morgan fingerprint density at radius 1 is 0.667 bits per heavy atom. The molecule has 7 nitrogen and oxygen atoms in total. The molecule has 0 aliphatic heterocycles. The van der Waals surface area contributed by atoms with Crippen molar-refractivity contribution in [3.8, 4) is 0 Å². The molecule has 1 unspecified atom stereocenters. The van der Waals surface area contributed by atoms with Gasteiger partial charge in [-0.05, 0) is 47.4 Å². The van der Waals surface area contributed by atoms with E-state index in [1.54, 1.807) is 0 Å². The van der Waals surface area contributed by atoms with E-state index in [9.17, 15) is 14.2 Å². The molecule has 0 heterocycles. The first-order valence-corrected chi connectivity index (χ1v) is 17.2. The highest BCUT2D eigenvalue weighted by Crippen LogP contribution is 2.45. The fraction of sp³-hybridized carbons (Fsp3) is 0.297. The molecule has 2 N–H and O–H groups in total. The number of amides is 1. The van der Waals surface area contributed by atoms with Crippen molar-refractivity contribution in [1.29, 1.82) is 0 Å². The van der Waals surface area contributed by atoms with Gasteiger partial charge in [0, 0.05) is 6.16 Å². The van der Waals surface area contributed by atoms with Crippen LogP contribution >= 0.6 is 7.52 Å². The van der Waals surface area contributed by atoms with Crippen molar-refractivity contribution in [3.05, 3.63) is 144 Å². The molecule has 3 atom stereocenters. The van der Waals surface area contributed by atoms with Gasteiger partial charge in [-0.1, -0.05) is 135 Å². The topological polar surface area (TPSA) is 93.7 Å². The number of rotatable bonds is 17. The standard InChI is InChI=1S/C37H43N2O5P/c1-29(2)25-35(37(41)43-27-32-19-11-5-12-20-32)38-36(40)34(26-31-17-9-4-10-18-31)39-45(42,24-23-30-15-7-3-8-16-30)44-28-33-21-13-6-14-22-33/h3-22,29,34-35H,23-28H2,1-2H3,(H,38,40)(H,39,42)/t34-,35-,45?/m0/s1. The highest BCUT2D eigenvalue weighted by Gasteiger charge is 2.33. The average Bonchev–Trinajstić information content (AvgIpc) is 3.06. The van der Waals surface area contributed by atoms with Gasteiger partial charge in [-0.2, -0.15) is 0 Å². The van der Waals surface area contributed by atoms with Crippen LogP contribution in [0, 0.1) is 5.92 Å². The molecule has 8 heteroatoms. The van der Waals surface area contributed by atoms with Gasteiger partial charge in [-0.15, -0.1) is 0 Å². The zero-order chi connectivity index (χ0) is 31.9. The maximum atomic E-state index is 14.5. The van der Waals surface area contributed by atoms with Gasteiger partial charge < -0.3 is 14.6 Å². The third-order valence-corrected chi connectivity index (χ3v) is 9.37. The van der Waals surface area contributed by atoms with Crippen molar-refractivity contribution in [1.82, 2.24) is 10.4 Å². The Bertz CT molecular complexity index is 1450. The minimum atomic E-state index is -3.57. The van der Waals surface area contributed by atoms with Crippen LogP contribution in [-0.2, 0) is 49.5 Å². The molecule has 1 amide bonds. The van der Waals surface area contributed by atoms with E-state index in [1.165, 1.54) is 0 Å². The SMILES string of the molecule is CC(C)C[C@H](NC(=O)[C@H](Cc1ccccc1)NP(=O)(CCc1ccccc1)OCc1ccccc1)C(=O)OCc1ccccc1. The van der Waals surface area contributed by atoms with E-state index in [0.29, 0.717) is 12.8 Å². The van der Waals surface area contributed by atoms with E-state index in [2.05, 4.69) is 10.4 Å². The van der Waals surface area contributed by atoms with Crippen molar-refractivity contribution in [3.63, 3.8) is 0 Å². The predicted molar refractivity (Wildman–Crippen MR) is 179 cm³/mol. The first-order valence-electron chi connectivity index (χ1n) is 15.4. The van der Waals surface area contributed by atoms with Gasteiger partial charge in [0.1, 0.15) is 12.6 Å². The zero-order valence-electron chi connectivity index (χ0n) is 26.0. The molecule has 236 valence electrons. The summed E-state index contributed by atoms with van der Waals surface area (Å²) in [5.41, 5.74) is 3.64. The average molecular weight is 627 g/mol. The van der Waals surface area contributed by atoms with E-state index in [4.69, 9.17) is 9.26 Å². The summed E-state index contributed by atoms with van der Waals surface area (Å²) >= 11 is 0. The molecule has 0 fully saturated rings. The van der Waals surface area contributed by atoms with Gasteiger partial charge in [-0.3, -0.25) is 9.36 Å². The third kappa shape index (κ3) is 11.8. The zero-order valence-corrected chi connectivity index (χ0v) is 26.9. The number of hydrogen-bond acceptors (Lipinski definition) is 5. The van der Waals surface area contributed by atoms with Gasteiger partial charge in [0.05, 0.1) is 12.6 Å². The first-order chi connectivity index (χ1) is 21.8. The van der Waals surface area contributed by atoms with E-state index in [1.807, 2.05) is 135 Å². The number of aryl methyl sites for hydroxylation is 1. The fourth-order valence-corrected chi connectivity index (χ4v) is 6.84. The monoisotopic (exact) mass is 626 g/mol. The lowest BCUT2D eigenvalue weighted by Crippen LogP contribution is -2.51. The molecule has 0 aromatic heterocycles. The van der Waals surface area contributed by atoms with Crippen molar-refractivity contribution >= 4 is 19.4 Å². The Hall–Kier alpha value is -4.03. The molecule has 0 spiro atoms. The van der Waals surface area contributed by atoms with Crippen LogP contribution in [0.25, 0.3) is 0 Å². The highest BCUT2D eigenvalue weighted by molar-refractivity contribution is 7.56. The summed E-state index contributed by atoms with van der Waals surface area (Å²) in [4.78, 5) is 27.2. The molecule has 0 aliphatic carbocycles. The quantitative estimate of drug-likeness (QED) is 0.0958. The third-order valence-electron chi connectivity index (χ3n) is 7.30. The summed E-state index contributed by atoms with van der Waals surface area (Å²) in [6.07, 6.45) is 1.34. The van der Waals surface area contributed by atoms with Crippen LogP contribution in [0.5, 0.6) is 0 Å². The Balaban J connectivity index is 1.55. The number of benzene rings is 4. The molecule has 4 aromatic rings. The number of carbonyl (C=O) groups is 2. The molecule has 4 aromatic carbocycles. The van der Waals surface area contributed by atoms with E-state index < -0.39 is 31.5 Å². The van der Waals surface area contributed by atoms with Crippen molar-refractivity contribution < 1.29 is 23.4 Å². The molecular weight excluding hydrogens is 583 g/mol. The van der Waals surface area contributed by atoms with Gasteiger partial charge in [0.2, 0.25) is 5.91 Å². The summed E-state index contributed by atoms with van der Waals surface area (Å²) in [5, 5.41) is 6.07. The fourth-order valence-electron chi connectivity index (χ4n) is 4.91. The summed E-state index contributed by atoms with van der Waals surface area (Å²) in [5.74, 6) is -0.831. The molecular formula is C37H43N2O5P. The number of hydrogen-bond donors (Lipinski definition) is 2. The Kier molecular flexibility index (Phi) is 13.1. The Morgan fingerprint density at radius 3 is 1.69 bits per heavy atom. The summed E-state index contributed by atoms with van der Waals surface area (Å²) < 4.78 is 26.3. The summed E-state index contributed by atoms with van der Waals surface area (Å²) in [6.45, 7) is 4.20. The summed E-state index contributed by atoms with van der Waals surface area (Å²) in [7, 11) is -3.57. The van der Waals surface area contributed by atoms with Crippen LogP contribution in [0.4, 0.5) is 0 Å². The smallest absolute Gasteiger partial charge is 0.328 e. The second kappa shape index (κ2) is 17.5. The lowest BCUT2D eigenvalue weighted by Gasteiger charge is -2.28. The van der Waals surface area contributed by atoms with Gasteiger partial charge in [-0.25, -0.2) is 9.88 Å². The second-order valence-electron chi connectivity index (χ2n) is 11.5. The van der Waals surface area contributed by atoms with E-state index >= 15 is 0 Å². The van der Waals surface area contributed by atoms with E-state index in [-0.39, 0.29) is 31.7 Å². The molecule has 0 saturated carbocycles. The van der Waals surface area contributed by atoms with Crippen LogP contribution in [0.1, 0.15) is 42.5 Å². The van der Waals surface area contributed by atoms with Crippen LogP contribution < -0.4 is 10.4 Å². The maximum absolute atomic E-state index is 14.5. The first kappa shape index (κ1) is 33.9. The van der Waals surface area contributed by atoms with Gasteiger partial charge in [0.15, 0.2) is 0 Å². The van der Waals surface area contributed by atoms with Gasteiger partial charge >= 0.3 is 5.97 Å². The largest absolute Gasteiger partial charge is 0.459 e. The van der Waals surface area contributed by atoms with Gasteiger partial charge in [0.25, 0.3) is 7.52 Å². The molecule has 0 aliphatic rings. The van der Waals surface area contributed by atoms with Crippen LogP contribution in [0.3, 0.4) is 0 Å². The maximum Gasteiger partial charge on any atom is 0.328 e. The van der Waals surface area contributed by atoms with E-state index in [0.717, 1.165) is 22.3 Å². The molecule has 0 radical (unpaired) electrons. The lowest BCUT2D eigenvalue weighted by atomic mass is 10.0. The number of nitrogens with one attached hydrogen (secondary N) is 2. The van der Waals surface area contributed by atoms with Crippen LogP contribution in [0.2, 0.25) is 0 Å². The summed E-state index contributed by atoms with van der Waals surface area (Å²) in [6, 6.07) is 36.5. The normalized spacial score (nSPS) is 13.8.